The zero-order chi connectivity index (χ0) is 24.0. The van der Waals surface area contributed by atoms with Gasteiger partial charge in [-0.1, -0.05) is 0 Å². The highest BCUT2D eigenvalue weighted by Crippen LogP contribution is 2.37. The van der Waals surface area contributed by atoms with E-state index in [2.05, 4.69) is 10.2 Å². The average molecular weight is 461 g/mol. The van der Waals surface area contributed by atoms with Crippen LogP contribution < -0.4 is 15.0 Å². The summed E-state index contributed by atoms with van der Waals surface area (Å²) in [6, 6.07) is 7.88. The van der Waals surface area contributed by atoms with E-state index in [1.54, 1.807) is 6.07 Å². The zero-order valence-corrected chi connectivity index (χ0v) is 18.8. The maximum atomic E-state index is 13.4. The number of likely N-dealkylation sites (N-methyl/N-ethyl adjacent to an activating group) is 1. The molecule has 33 heavy (non-hydrogen) atoms. The van der Waals surface area contributed by atoms with Crippen LogP contribution in [0.2, 0.25) is 0 Å². The van der Waals surface area contributed by atoms with Crippen molar-refractivity contribution in [2.45, 2.75) is 32.0 Å². The molecule has 6 nitrogen and oxygen atoms in total. The molecule has 1 amide bonds. The number of carbonyl (C=O) groups is 2. The number of piperazine rings is 1. The largest absolute Gasteiger partial charge is 0.487 e. The molecule has 0 saturated carbocycles. The molecule has 1 saturated heterocycles. The van der Waals surface area contributed by atoms with Crippen LogP contribution in [-0.4, -0.2) is 55.4 Å². The number of benzene rings is 2. The smallest absolute Gasteiger partial charge is 0.416 e. The molecule has 0 spiro atoms. The maximum absolute atomic E-state index is 13.4. The van der Waals surface area contributed by atoms with Crippen molar-refractivity contribution >= 4 is 23.1 Å². The van der Waals surface area contributed by atoms with Gasteiger partial charge < -0.3 is 19.9 Å². The molecule has 0 unspecified atom stereocenters. The SMILES string of the molecule is CN1CCN(c2ccc(C(F)(F)F)cc2NC(=O)c2ccc3c(c2)C(=O)CC(C)(C)O3)CC1. The summed E-state index contributed by atoms with van der Waals surface area (Å²) in [5.74, 6) is -0.344. The first-order valence-corrected chi connectivity index (χ1v) is 10.8. The molecule has 2 aliphatic heterocycles. The Labute approximate surface area is 190 Å². The fraction of sp³-hybridized carbons (Fsp3) is 0.417. The number of amides is 1. The first-order valence-electron chi connectivity index (χ1n) is 10.8. The van der Waals surface area contributed by atoms with Crippen molar-refractivity contribution in [2.24, 2.45) is 0 Å². The lowest BCUT2D eigenvalue weighted by atomic mass is 9.92. The third-order valence-corrected chi connectivity index (χ3v) is 5.93. The van der Waals surface area contributed by atoms with Gasteiger partial charge in [-0.2, -0.15) is 13.2 Å². The molecule has 0 bridgehead atoms. The van der Waals surface area contributed by atoms with E-state index in [0.717, 1.165) is 25.2 Å². The standard InChI is InChI=1S/C24H26F3N3O3/c1-23(2)14-20(31)17-12-15(4-7-21(17)33-23)22(32)28-18-13-16(24(25,26)27)5-6-19(18)30-10-8-29(3)9-11-30/h4-7,12-13H,8-11,14H2,1-3H3,(H,28,32). The monoisotopic (exact) mass is 461 g/mol. The van der Waals surface area contributed by atoms with Gasteiger partial charge in [-0.3, -0.25) is 9.59 Å². The molecule has 176 valence electrons. The molecule has 2 aromatic carbocycles. The van der Waals surface area contributed by atoms with Gasteiger partial charge in [0.25, 0.3) is 5.91 Å². The number of Topliss-reactive ketones (excluding diaryl/α,β-unsaturated/α-hetero) is 1. The Hall–Kier alpha value is -3.07. The van der Waals surface area contributed by atoms with Crippen molar-refractivity contribution in [3.63, 3.8) is 0 Å². The minimum absolute atomic E-state index is 0.0841. The number of ketones is 1. The molecule has 2 heterocycles. The van der Waals surface area contributed by atoms with Gasteiger partial charge in [0.1, 0.15) is 11.4 Å². The number of hydrogen-bond acceptors (Lipinski definition) is 5. The van der Waals surface area contributed by atoms with Crippen LogP contribution in [0.5, 0.6) is 5.75 Å². The summed E-state index contributed by atoms with van der Waals surface area (Å²) < 4.78 is 45.9. The minimum atomic E-state index is -4.54. The fourth-order valence-corrected chi connectivity index (χ4v) is 4.12. The Bertz CT molecular complexity index is 1090. The Morgan fingerprint density at radius 1 is 1.06 bits per heavy atom. The predicted octanol–water partition coefficient (Wildman–Crippen LogP) is 4.45. The van der Waals surface area contributed by atoms with Crippen LogP contribution in [0.15, 0.2) is 36.4 Å². The lowest BCUT2D eigenvalue weighted by Gasteiger charge is -2.35. The van der Waals surface area contributed by atoms with Crippen LogP contribution in [-0.2, 0) is 6.18 Å². The molecule has 0 aliphatic carbocycles. The van der Waals surface area contributed by atoms with Crippen molar-refractivity contribution in [1.29, 1.82) is 0 Å². The van der Waals surface area contributed by atoms with Crippen molar-refractivity contribution in [3.8, 4) is 5.75 Å². The molecule has 0 atom stereocenters. The number of nitrogens with one attached hydrogen (secondary N) is 1. The molecule has 4 rings (SSSR count). The third-order valence-electron chi connectivity index (χ3n) is 5.93. The van der Waals surface area contributed by atoms with Crippen molar-refractivity contribution in [2.75, 3.05) is 43.4 Å². The molecule has 0 aromatic heterocycles. The van der Waals surface area contributed by atoms with E-state index in [0.29, 0.717) is 30.1 Å². The summed E-state index contributed by atoms with van der Waals surface area (Å²) in [4.78, 5) is 29.6. The summed E-state index contributed by atoms with van der Waals surface area (Å²) >= 11 is 0. The first-order chi connectivity index (χ1) is 15.4. The first kappa shape index (κ1) is 23.1. The zero-order valence-electron chi connectivity index (χ0n) is 18.8. The highest BCUT2D eigenvalue weighted by atomic mass is 19.4. The molecule has 1 N–H and O–H groups in total. The second-order valence-electron chi connectivity index (χ2n) is 9.15. The maximum Gasteiger partial charge on any atom is 0.416 e. The molecule has 0 radical (unpaired) electrons. The molecule has 2 aliphatic rings. The van der Waals surface area contributed by atoms with Crippen LogP contribution in [0.25, 0.3) is 0 Å². The fourth-order valence-electron chi connectivity index (χ4n) is 4.12. The number of carbonyl (C=O) groups excluding carboxylic acids is 2. The second-order valence-corrected chi connectivity index (χ2v) is 9.15. The van der Waals surface area contributed by atoms with E-state index >= 15 is 0 Å². The van der Waals surface area contributed by atoms with Crippen molar-refractivity contribution < 1.29 is 27.5 Å². The molecular formula is C24H26F3N3O3. The van der Waals surface area contributed by atoms with Gasteiger partial charge in [0, 0.05) is 31.7 Å². The number of anilines is 2. The van der Waals surface area contributed by atoms with E-state index in [1.807, 2.05) is 25.8 Å². The molecule has 2 aromatic rings. The minimum Gasteiger partial charge on any atom is -0.487 e. The van der Waals surface area contributed by atoms with E-state index in [4.69, 9.17) is 4.74 Å². The second kappa shape index (κ2) is 8.37. The Balaban J connectivity index is 1.64. The topological polar surface area (TPSA) is 61.9 Å². The quantitative estimate of drug-likeness (QED) is 0.732. The number of alkyl halides is 3. The van der Waals surface area contributed by atoms with Gasteiger partial charge >= 0.3 is 6.18 Å². The number of rotatable bonds is 3. The summed E-state index contributed by atoms with van der Waals surface area (Å²) in [5, 5.41) is 2.64. The molecular weight excluding hydrogens is 435 g/mol. The van der Waals surface area contributed by atoms with Gasteiger partial charge in [-0.15, -0.1) is 0 Å². The lowest BCUT2D eigenvalue weighted by Crippen LogP contribution is -2.44. The highest BCUT2D eigenvalue weighted by molar-refractivity contribution is 6.09. The van der Waals surface area contributed by atoms with E-state index in [-0.39, 0.29) is 23.5 Å². The summed E-state index contributed by atoms with van der Waals surface area (Å²) in [6.07, 6.45) is -4.37. The number of nitrogens with zero attached hydrogens (tertiary/aromatic N) is 2. The van der Waals surface area contributed by atoms with Crippen molar-refractivity contribution in [3.05, 3.63) is 53.1 Å². The van der Waals surface area contributed by atoms with Crippen molar-refractivity contribution in [1.82, 2.24) is 4.90 Å². The number of fused-ring (bicyclic) bond motifs is 1. The van der Waals surface area contributed by atoms with E-state index < -0.39 is 23.2 Å². The van der Waals surface area contributed by atoms with Crippen LogP contribution in [0.4, 0.5) is 24.5 Å². The Kier molecular flexibility index (Phi) is 5.86. The van der Waals surface area contributed by atoms with Gasteiger partial charge in [0.2, 0.25) is 0 Å². The van der Waals surface area contributed by atoms with Crippen LogP contribution in [0.1, 0.15) is 46.5 Å². The van der Waals surface area contributed by atoms with E-state index in [9.17, 15) is 22.8 Å². The predicted molar refractivity (Wildman–Crippen MR) is 119 cm³/mol. The Morgan fingerprint density at radius 2 is 1.76 bits per heavy atom. The van der Waals surface area contributed by atoms with Crippen LogP contribution in [0.3, 0.4) is 0 Å². The number of halogens is 3. The summed E-state index contributed by atoms with van der Waals surface area (Å²) in [5.41, 5.74) is -0.391. The van der Waals surface area contributed by atoms with Gasteiger partial charge in [-0.05, 0) is 57.3 Å². The highest BCUT2D eigenvalue weighted by Gasteiger charge is 2.34. The number of hydrogen-bond donors (Lipinski definition) is 1. The third kappa shape index (κ3) is 4.98. The molecule has 9 heteroatoms. The average Bonchev–Trinajstić information content (AvgIpc) is 2.73. The normalized spacial score (nSPS) is 18.5. The van der Waals surface area contributed by atoms with Crippen LogP contribution in [0, 0.1) is 0 Å². The number of ether oxygens (including phenoxy) is 1. The summed E-state index contributed by atoms with van der Waals surface area (Å²) in [6.45, 7) is 6.40. The lowest BCUT2D eigenvalue weighted by molar-refractivity contribution is -0.137. The van der Waals surface area contributed by atoms with Gasteiger partial charge in [0.05, 0.1) is 28.9 Å². The molecule has 1 fully saturated rings. The summed E-state index contributed by atoms with van der Waals surface area (Å²) in [7, 11) is 1.98. The van der Waals surface area contributed by atoms with Gasteiger partial charge in [0.15, 0.2) is 5.78 Å². The van der Waals surface area contributed by atoms with Crippen LogP contribution >= 0.6 is 0 Å². The Morgan fingerprint density at radius 3 is 2.42 bits per heavy atom. The van der Waals surface area contributed by atoms with E-state index in [1.165, 1.54) is 18.2 Å². The van der Waals surface area contributed by atoms with Gasteiger partial charge in [-0.25, -0.2) is 0 Å².